The molecule has 0 aromatic heterocycles. The van der Waals surface area contributed by atoms with Crippen molar-refractivity contribution in [1.82, 2.24) is 0 Å². The van der Waals surface area contributed by atoms with Crippen LogP contribution < -0.4 is 0 Å². The minimum Gasteiger partial charge on any atom is -0.462 e. The van der Waals surface area contributed by atoms with Crippen LogP contribution in [0.5, 0.6) is 0 Å². The standard InChI is InChI=1S/C71H124O6/c1-4-7-10-13-16-19-22-25-28-31-33-34-35-36-37-38-39-41-43-46-49-52-55-58-61-64-70(73)76-67-68(66-75-69(72)63-60-57-54-51-48-45-42-30-27-24-21-18-15-12-9-6-3)77-71(74)65-62-59-56-53-50-47-44-40-32-29-26-23-20-17-14-11-8-5-2/h7,10,16,19-20,23,25,28-29,32-34,36-37,68H,4-6,8-9,11-15,17-18,21-22,24,26-27,30-31,35,38-67H2,1-3H3/b10-7-,19-16-,23-20-,28-25-,32-29-,34-33-,37-36-. The fourth-order valence-corrected chi connectivity index (χ4v) is 9.44. The molecule has 0 radical (unpaired) electrons. The second-order valence-corrected chi connectivity index (χ2v) is 22.0. The van der Waals surface area contributed by atoms with E-state index in [1.54, 1.807) is 0 Å². The molecular formula is C71H124O6. The summed E-state index contributed by atoms with van der Waals surface area (Å²) in [5.74, 6) is -0.876. The minimum atomic E-state index is -0.783. The predicted octanol–water partition coefficient (Wildman–Crippen LogP) is 22.7. The van der Waals surface area contributed by atoms with E-state index in [0.717, 1.165) is 109 Å². The number of hydrogen-bond acceptors (Lipinski definition) is 6. The van der Waals surface area contributed by atoms with E-state index in [2.05, 4.69) is 106 Å². The summed E-state index contributed by atoms with van der Waals surface area (Å²) >= 11 is 0. The van der Waals surface area contributed by atoms with Gasteiger partial charge >= 0.3 is 17.9 Å². The Kier molecular flexibility index (Phi) is 62.2. The van der Waals surface area contributed by atoms with Crippen LogP contribution in [0.2, 0.25) is 0 Å². The third-order valence-electron chi connectivity index (χ3n) is 14.4. The van der Waals surface area contributed by atoms with Gasteiger partial charge in [0.2, 0.25) is 0 Å². The van der Waals surface area contributed by atoms with Gasteiger partial charge in [-0.05, 0) is 96.3 Å². The highest BCUT2D eigenvalue weighted by Gasteiger charge is 2.19. The molecule has 77 heavy (non-hydrogen) atoms. The molecule has 0 aromatic rings. The first-order valence-electron chi connectivity index (χ1n) is 33.1. The van der Waals surface area contributed by atoms with Crippen LogP contribution in [0.15, 0.2) is 85.1 Å². The van der Waals surface area contributed by atoms with Crippen LogP contribution in [0.25, 0.3) is 0 Å². The van der Waals surface area contributed by atoms with Gasteiger partial charge in [0.1, 0.15) is 13.2 Å². The van der Waals surface area contributed by atoms with Crippen LogP contribution in [-0.4, -0.2) is 37.2 Å². The maximum Gasteiger partial charge on any atom is 0.306 e. The lowest BCUT2D eigenvalue weighted by atomic mass is 10.0. The van der Waals surface area contributed by atoms with Crippen LogP contribution >= 0.6 is 0 Å². The number of rotatable bonds is 60. The van der Waals surface area contributed by atoms with Crippen LogP contribution in [-0.2, 0) is 28.6 Å². The molecule has 0 bridgehead atoms. The van der Waals surface area contributed by atoms with Crippen LogP contribution in [0.3, 0.4) is 0 Å². The molecule has 0 aliphatic carbocycles. The molecule has 0 aromatic carbocycles. The van der Waals surface area contributed by atoms with Crippen molar-refractivity contribution >= 4 is 17.9 Å². The van der Waals surface area contributed by atoms with Crippen LogP contribution in [0.4, 0.5) is 0 Å². The molecule has 1 unspecified atom stereocenters. The summed E-state index contributed by atoms with van der Waals surface area (Å²) in [6.45, 7) is 6.54. The third kappa shape index (κ3) is 63.3. The molecule has 1 atom stereocenters. The normalized spacial score (nSPS) is 12.6. The molecule has 0 rings (SSSR count). The molecule has 0 aliphatic rings. The van der Waals surface area contributed by atoms with Crippen molar-refractivity contribution in [3.63, 3.8) is 0 Å². The van der Waals surface area contributed by atoms with Crippen molar-refractivity contribution in [1.29, 1.82) is 0 Å². The number of carbonyl (C=O) groups excluding carboxylic acids is 3. The summed E-state index contributed by atoms with van der Waals surface area (Å²) in [5, 5.41) is 0. The smallest absolute Gasteiger partial charge is 0.306 e. The Labute approximate surface area is 477 Å². The Morgan fingerprint density at radius 3 is 0.805 bits per heavy atom. The van der Waals surface area contributed by atoms with E-state index in [9.17, 15) is 14.4 Å². The van der Waals surface area contributed by atoms with E-state index in [1.807, 2.05) is 0 Å². The number of ether oxygens (including phenoxy) is 3. The highest BCUT2D eigenvalue weighted by atomic mass is 16.6. The van der Waals surface area contributed by atoms with Crippen LogP contribution in [0.1, 0.15) is 329 Å². The molecular weight excluding hydrogens is 949 g/mol. The first kappa shape index (κ1) is 73.6. The topological polar surface area (TPSA) is 78.9 Å². The maximum atomic E-state index is 12.9. The van der Waals surface area contributed by atoms with Gasteiger partial charge in [-0.2, -0.15) is 0 Å². The van der Waals surface area contributed by atoms with Crippen LogP contribution in [0, 0.1) is 0 Å². The van der Waals surface area contributed by atoms with Gasteiger partial charge in [0.15, 0.2) is 6.10 Å². The zero-order chi connectivity index (χ0) is 55.7. The Balaban J connectivity index is 4.36. The van der Waals surface area contributed by atoms with Crippen molar-refractivity contribution in [3.05, 3.63) is 85.1 Å². The second kappa shape index (κ2) is 65.1. The number of esters is 3. The average Bonchev–Trinajstić information content (AvgIpc) is 3.43. The summed E-state index contributed by atoms with van der Waals surface area (Å²) in [6, 6.07) is 0. The van der Waals surface area contributed by atoms with Crippen molar-refractivity contribution in [3.8, 4) is 0 Å². The molecule has 0 N–H and O–H groups in total. The van der Waals surface area contributed by atoms with Gasteiger partial charge in [0.05, 0.1) is 0 Å². The van der Waals surface area contributed by atoms with E-state index >= 15 is 0 Å². The average molecular weight is 1070 g/mol. The van der Waals surface area contributed by atoms with Gasteiger partial charge in [0.25, 0.3) is 0 Å². The van der Waals surface area contributed by atoms with Gasteiger partial charge in [-0.25, -0.2) is 0 Å². The summed E-state index contributed by atoms with van der Waals surface area (Å²) in [5.41, 5.74) is 0. The van der Waals surface area contributed by atoms with Crippen molar-refractivity contribution in [2.24, 2.45) is 0 Å². The summed E-state index contributed by atoms with van der Waals surface area (Å²) in [4.78, 5) is 38.4. The minimum absolute atomic E-state index is 0.0783. The van der Waals surface area contributed by atoms with Gasteiger partial charge in [0, 0.05) is 19.3 Å². The Morgan fingerprint density at radius 1 is 0.273 bits per heavy atom. The zero-order valence-electron chi connectivity index (χ0n) is 51.0. The molecule has 444 valence electrons. The monoisotopic (exact) mass is 1070 g/mol. The number of unbranched alkanes of at least 4 members (excludes halogenated alkanes) is 35. The first-order valence-corrected chi connectivity index (χ1v) is 33.1. The first-order chi connectivity index (χ1) is 38.0. The van der Waals surface area contributed by atoms with E-state index < -0.39 is 6.10 Å². The zero-order valence-corrected chi connectivity index (χ0v) is 51.0. The summed E-state index contributed by atoms with van der Waals surface area (Å²) in [7, 11) is 0. The Bertz CT molecular complexity index is 1470. The molecule has 0 fully saturated rings. The lowest BCUT2D eigenvalue weighted by molar-refractivity contribution is -0.167. The molecule has 0 saturated carbocycles. The third-order valence-corrected chi connectivity index (χ3v) is 14.4. The van der Waals surface area contributed by atoms with E-state index in [0.29, 0.717) is 19.3 Å². The molecule has 0 spiro atoms. The van der Waals surface area contributed by atoms with Gasteiger partial charge < -0.3 is 14.2 Å². The van der Waals surface area contributed by atoms with E-state index in [-0.39, 0.29) is 31.1 Å². The number of allylic oxidation sites excluding steroid dienone is 14. The molecule has 6 heteroatoms. The maximum absolute atomic E-state index is 12.9. The van der Waals surface area contributed by atoms with E-state index in [4.69, 9.17) is 14.2 Å². The molecule has 0 aliphatic heterocycles. The predicted molar refractivity (Wildman–Crippen MR) is 334 cm³/mol. The van der Waals surface area contributed by atoms with Gasteiger partial charge in [-0.1, -0.05) is 298 Å². The Hall–Kier alpha value is -3.41. The van der Waals surface area contributed by atoms with Crippen molar-refractivity contribution in [2.45, 2.75) is 335 Å². The summed E-state index contributed by atoms with van der Waals surface area (Å²) < 4.78 is 17.0. The highest BCUT2D eigenvalue weighted by molar-refractivity contribution is 5.71. The Morgan fingerprint density at radius 2 is 0.506 bits per heavy atom. The number of hydrogen-bond donors (Lipinski definition) is 0. The fourth-order valence-electron chi connectivity index (χ4n) is 9.44. The molecule has 0 heterocycles. The quantitative estimate of drug-likeness (QED) is 0.0261. The molecule has 0 amide bonds. The van der Waals surface area contributed by atoms with Gasteiger partial charge in [-0.3, -0.25) is 14.4 Å². The molecule has 0 saturated heterocycles. The summed E-state index contributed by atoms with van der Waals surface area (Å²) in [6.07, 6.45) is 85.8. The number of carbonyl (C=O) groups is 3. The van der Waals surface area contributed by atoms with E-state index in [1.165, 1.54) is 180 Å². The van der Waals surface area contributed by atoms with Crippen molar-refractivity contribution in [2.75, 3.05) is 13.2 Å². The highest BCUT2D eigenvalue weighted by Crippen LogP contribution is 2.17. The largest absolute Gasteiger partial charge is 0.462 e. The second-order valence-electron chi connectivity index (χ2n) is 22.0. The lowest BCUT2D eigenvalue weighted by Gasteiger charge is -2.18. The molecule has 6 nitrogen and oxygen atoms in total. The SMILES string of the molecule is CC/C=C\C/C=C\C/C=C\C/C=C\C/C=C\CCCCCCCCCCCC(=O)OCC(COC(=O)CCCCCCCCCCCCCCCCCC)OC(=O)CCCCCCCCC/C=C\C/C=C\CCCCCC. The lowest BCUT2D eigenvalue weighted by Crippen LogP contribution is -2.30. The van der Waals surface area contributed by atoms with Crippen molar-refractivity contribution < 1.29 is 28.6 Å². The van der Waals surface area contributed by atoms with Gasteiger partial charge in [-0.15, -0.1) is 0 Å². The fraction of sp³-hybridized carbons (Fsp3) is 0.761.